The molecule has 0 heterocycles. The molecular formula is C22H27Cl2Zr-. The Balaban J connectivity index is 0.00000192. The molecule has 0 aliphatic heterocycles. The molecule has 0 fully saturated rings. The summed E-state index contributed by atoms with van der Waals surface area (Å²) in [7, 11) is 0. The van der Waals surface area contributed by atoms with Crippen molar-refractivity contribution in [3.63, 3.8) is 0 Å². The number of unbranched alkanes of at least 4 members (excludes halogenated alkanes) is 1. The molecule has 0 atom stereocenters. The van der Waals surface area contributed by atoms with Crippen molar-refractivity contribution in [1.82, 2.24) is 0 Å². The van der Waals surface area contributed by atoms with E-state index in [0.29, 0.717) is 0 Å². The first kappa shape index (κ1) is 24.5. The molecule has 0 unspecified atom stereocenters. The molecule has 0 saturated heterocycles. The molecule has 134 valence electrons. The Morgan fingerprint density at radius 3 is 2.28 bits per heavy atom. The van der Waals surface area contributed by atoms with E-state index in [2.05, 4.69) is 70.2 Å². The number of hydrogen-bond donors (Lipinski definition) is 0. The van der Waals surface area contributed by atoms with E-state index in [1.54, 1.807) is 0 Å². The molecule has 0 amide bonds. The normalized spacial score (nSPS) is 9.92. The number of halogens is 2. The van der Waals surface area contributed by atoms with Crippen molar-refractivity contribution in [2.45, 2.75) is 47.0 Å². The Morgan fingerprint density at radius 2 is 1.64 bits per heavy atom. The number of hydrogen-bond acceptors (Lipinski definition) is 0. The van der Waals surface area contributed by atoms with Gasteiger partial charge in [-0.3, -0.25) is 0 Å². The molecule has 0 saturated carbocycles. The largest absolute Gasteiger partial charge is 0.164 e. The van der Waals surface area contributed by atoms with Crippen LogP contribution in [0.15, 0.2) is 42.5 Å². The van der Waals surface area contributed by atoms with E-state index >= 15 is 0 Å². The minimum absolute atomic E-state index is 0. The van der Waals surface area contributed by atoms with Gasteiger partial charge in [0.15, 0.2) is 0 Å². The monoisotopic (exact) mass is 451 g/mol. The summed E-state index contributed by atoms with van der Waals surface area (Å²) in [4.78, 5) is 0. The summed E-state index contributed by atoms with van der Waals surface area (Å²) in [6.45, 7) is 8.90. The van der Waals surface area contributed by atoms with Gasteiger partial charge in [0.25, 0.3) is 0 Å². The smallest absolute Gasteiger partial charge is 0 e. The van der Waals surface area contributed by atoms with E-state index in [0.717, 1.165) is 0 Å². The second-order valence-electron chi connectivity index (χ2n) is 6.55. The maximum Gasteiger partial charge on any atom is 0 e. The summed E-state index contributed by atoms with van der Waals surface area (Å²) < 4.78 is 0. The van der Waals surface area contributed by atoms with Crippen LogP contribution in [0, 0.1) is 20.8 Å². The SMILES string of the molecule is CCCCc1cc2c(-c3cccc(C)c3)c(C)cc(C)c2[cH-]1.Cl.Cl.[Zr]. The zero-order valence-corrected chi connectivity index (χ0v) is 19.6. The molecule has 0 radical (unpaired) electrons. The second-order valence-corrected chi connectivity index (χ2v) is 6.55. The molecule has 0 N–H and O–H groups in total. The van der Waals surface area contributed by atoms with E-state index < -0.39 is 0 Å². The fourth-order valence-corrected chi connectivity index (χ4v) is 3.50. The molecule has 3 aromatic carbocycles. The first-order valence-electron chi connectivity index (χ1n) is 8.36. The van der Waals surface area contributed by atoms with Crippen LogP contribution in [-0.2, 0) is 32.6 Å². The Hall–Kier alpha value is -0.487. The van der Waals surface area contributed by atoms with Gasteiger partial charge in [-0.15, -0.1) is 52.8 Å². The van der Waals surface area contributed by atoms with Crippen LogP contribution in [0.3, 0.4) is 0 Å². The van der Waals surface area contributed by atoms with Crippen LogP contribution in [0.5, 0.6) is 0 Å². The van der Waals surface area contributed by atoms with Crippen molar-refractivity contribution >= 4 is 35.6 Å². The number of aryl methyl sites for hydroxylation is 4. The third-order valence-corrected chi connectivity index (χ3v) is 4.60. The number of rotatable bonds is 4. The number of benzene rings is 2. The summed E-state index contributed by atoms with van der Waals surface area (Å²) in [6, 6.07) is 16.0. The zero-order chi connectivity index (χ0) is 15.7. The zero-order valence-electron chi connectivity index (χ0n) is 15.5. The van der Waals surface area contributed by atoms with Crippen molar-refractivity contribution in [2.24, 2.45) is 0 Å². The standard InChI is InChI=1S/C22H25.2ClH.Zr/c1-5-6-9-18-13-20-16(3)12-17(4)22(21(20)14-18)19-10-7-8-15(2)11-19;;;/h7-8,10-14H,5-6,9H2,1-4H3;2*1H;/q-1;;;. The predicted octanol–water partition coefficient (Wildman–Crippen LogP) is 7.33. The summed E-state index contributed by atoms with van der Waals surface area (Å²) >= 11 is 0. The third-order valence-electron chi connectivity index (χ3n) is 4.60. The maximum atomic E-state index is 2.42. The summed E-state index contributed by atoms with van der Waals surface area (Å²) in [5, 5.41) is 2.85. The first-order chi connectivity index (χ1) is 10.6. The average molecular weight is 454 g/mol. The van der Waals surface area contributed by atoms with Gasteiger partial charge in [0.05, 0.1) is 0 Å². The second kappa shape index (κ2) is 10.6. The van der Waals surface area contributed by atoms with Crippen LogP contribution in [-0.4, -0.2) is 0 Å². The van der Waals surface area contributed by atoms with E-state index in [-0.39, 0.29) is 51.0 Å². The summed E-state index contributed by atoms with van der Waals surface area (Å²) in [5.74, 6) is 0. The molecule has 0 aliphatic carbocycles. The van der Waals surface area contributed by atoms with Gasteiger partial charge >= 0.3 is 0 Å². The summed E-state index contributed by atoms with van der Waals surface area (Å²) in [6.07, 6.45) is 3.72. The third kappa shape index (κ3) is 5.25. The molecule has 0 aromatic heterocycles. The van der Waals surface area contributed by atoms with Crippen LogP contribution >= 0.6 is 24.8 Å². The molecule has 3 heteroatoms. The van der Waals surface area contributed by atoms with Gasteiger partial charge in [0.2, 0.25) is 0 Å². The molecular weight excluding hydrogens is 426 g/mol. The molecule has 3 aromatic rings. The van der Waals surface area contributed by atoms with Gasteiger partial charge < -0.3 is 0 Å². The summed E-state index contributed by atoms with van der Waals surface area (Å²) in [5.41, 5.74) is 8.33. The van der Waals surface area contributed by atoms with Crippen molar-refractivity contribution in [3.8, 4) is 11.1 Å². The van der Waals surface area contributed by atoms with Crippen LogP contribution < -0.4 is 0 Å². The maximum absolute atomic E-state index is 2.42. The molecule has 25 heavy (non-hydrogen) atoms. The first-order valence-corrected chi connectivity index (χ1v) is 8.36. The fraction of sp³-hybridized carbons (Fsp3) is 0.318. The van der Waals surface area contributed by atoms with E-state index in [4.69, 9.17) is 0 Å². The number of fused-ring (bicyclic) bond motifs is 1. The Bertz CT molecular complexity index is 818. The minimum Gasteiger partial charge on any atom is -0.164 e. The van der Waals surface area contributed by atoms with E-state index in [1.165, 1.54) is 63.4 Å². The van der Waals surface area contributed by atoms with Crippen molar-refractivity contribution in [3.05, 3.63) is 64.7 Å². The quantitative estimate of drug-likeness (QED) is 0.363. The van der Waals surface area contributed by atoms with Gasteiger partial charge in [-0.1, -0.05) is 73.7 Å². The van der Waals surface area contributed by atoms with E-state index in [9.17, 15) is 0 Å². The molecule has 0 bridgehead atoms. The van der Waals surface area contributed by atoms with Crippen LogP contribution in [0.4, 0.5) is 0 Å². The van der Waals surface area contributed by atoms with Crippen LogP contribution in [0.25, 0.3) is 21.9 Å². The Kier molecular flexibility index (Phi) is 10.4. The van der Waals surface area contributed by atoms with Crippen LogP contribution in [0.2, 0.25) is 0 Å². The van der Waals surface area contributed by atoms with Gasteiger partial charge in [-0.05, 0) is 25.8 Å². The Morgan fingerprint density at radius 1 is 0.920 bits per heavy atom. The van der Waals surface area contributed by atoms with Gasteiger partial charge in [-0.25, -0.2) is 0 Å². The molecule has 3 rings (SSSR count). The molecule has 0 aliphatic rings. The molecule has 0 nitrogen and oxygen atoms in total. The van der Waals surface area contributed by atoms with Gasteiger partial charge in [-0.2, -0.15) is 6.07 Å². The Labute approximate surface area is 183 Å². The van der Waals surface area contributed by atoms with Crippen LogP contribution in [0.1, 0.15) is 42.0 Å². The van der Waals surface area contributed by atoms with Crippen molar-refractivity contribution in [2.75, 3.05) is 0 Å². The van der Waals surface area contributed by atoms with Crippen molar-refractivity contribution in [1.29, 1.82) is 0 Å². The average Bonchev–Trinajstić information content (AvgIpc) is 2.89. The minimum atomic E-state index is 0. The van der Waals surface area contributed by atoms with Gasteiger partial charge in [0.1, 0.15) is 0 Å². The topological polar surface area (TPSA) is 0 Å². The molecule has 0 spiro atoms. The van der Waals surface area contributed by atoms with Gasteiger partial charge in [0, 0.05) is 26.2 Å². The van der Waals surface area contributed by atoms with Crippen molar-refractivity contribution < 1.29 is 26.2 Å². The fourth-order valence-electron chi connectivity index (χ4n) is 3.50. The predicted molar refractivity (Wildman–Crippen MR) is 112 cm³/mol. The van der Waals surface area contributed by atoms with E-state index in [1.807, 2.05) is 0 Å².